The molecular formula is C15H19N3O2S. The van der Waals surface area contributed by atoms with Gasteiger partial charge in [0.25, 0.3) is 0 Å². The van der Waals surface area contributed by atoms with Crippen LogP contribution in [0.1, 0.15) is 30.3 Å². The Morgan fingerprint density at radius 3 is 3.10 bits per heavy atom. The molecule has 2 aromatic heterocycles. The van der Waals surface area contributed by atoms with Crippen LogP contribution in [0, 0.1) is 6.92 Å². The van der Waals surface area contributed by atoms with Crippen LogP contribution in [0.5, 0.6) is 0 Å². The lowest BCUT2D eigenvalue weighted by Crippen LogP contribution is -2.06. The number of esters is 1. The van der Waals surface area contributed by atoms with E-state index >= 15 is 0 Å². The van der Waals surface area contributed by atoms with Gasteiger partial charge in [0, 0.05) is 18.0 Å². The number of thiazole rings is 1. The number of rotatable bonds is 7. The first-order valence-electron chi connectivity index (χ1n) is 6.93. The average Bonchev–Trinajstić information content (AvgIpc) is 2.93. The molecule has 0 atom stereocenters. The third-order valence-electron chi connectivity index (χ3n) is 2.97. The molecule has 112 valence electrons. The molecule has 21 heavy (non-hydrogen) atoms. The van der Waals surface area contributed by atoms with Crippen LogP contribution < -0.4 is 5.32 Å². The maximum absolute atomic E-state index is 11.3. The van der Waals surface area contributed by atoms with Gasteiger partial charge in [-0.2, -0.15) is 0 Å². The zero-order valence-electron chi connectivity index (χ0n) is 12.3. The van der Waals surface area contributed by atoms with Crippen molar-refractivity contribution in [2.45, 2.75) is 33.2 Å². The Labute approximate surface area is 128 Å². The Morgan fingerprint density at radius 2 is 2.33 bits per heavy atom. The molecule has 0 spiro atoms. The molecule has 0 unspecified atom stereocenters. The van der Waals surface area contributed by atoms with E-state index in [1.165, 1.54) is 11.3 Å². The van der Waals surface area contributed by atoms with Gasteiger partial charge in [-0.3, -0.25) is 9.78 Å². The molecule has 2 aromatic rings. The quantitative estimate of drug-likeness (QED) is 0.797. The van der Waals surface area contributed by atoms with Crippen LogP contribution in [0.2, 0.25) is 0 Å². The van der Waals surface area contributed by atoms with Gasteiger partial charge in [-0.1, -0.05) is 6.07 Å². The lowest BCUT2D eigenvalue weighted by molar-refractivity contribution is -0.143. The van der Waals surface area contributed by atoms with Gasteiger partial charge < -0.3 is 10.1 Å². The maximum atomic E-state index is 11.3. The normalized spacial score (nSPS) is 10.4. The molecule has 2 heterocycles. The number of aromatic nitrogens is 2. The van der Waals surface area contributed by atoms with Crippen LogP contribution >= 0.6 is 11.3 Å². The summed E-state index contributed by atoms with van der Waals surface area (Å²) in [5, 5.41) is 6.08. The first-order valence-corrected chi connectivity index (χ1v) is 7.81. The maximum Gasteiger partial charge on any atom is 0.306 e. The van der Waals surface area contributed by atoms with E-state index in [0.29, 0.717) is 26.0 Å². The van der Waals surface area contributed by atoms with Crippen molar-refractivity contribution in [2.24, 2.45) is 0 Å². The number of hydrogen-bond acceptors (Lipinski definition) is 6. The molecule has 0 bridgehead atoms. The second kappa shape index (κ2) is 7.73. The van der Waals surface area contributed by atoms with Crippen LogP contribution in [0.15, 0.2) is 23.7 Å². The Kier molecular flexibility index (Phi) is 5.68. The summed E-state index contributed by atoms with van der Waals surface area (Å²) in [5.41, 5.74) is 3.08. The van der Waals surface area contributed by atoms with E-state index in [9.17, 15) is 4.79 Å². The van der Waals surface area contributed by atoms with Gasteiger partial charge in [0.1, 0.15) is 0 Å². The fourth-order valence-corrected chi connectivity index (χ4v) is 2.57. The van der Waals surface area contributed by atoms with Gasteiger partial charge in [-0.05, 0) is 25.5 Å². The van der Waals surface area contributed by atoms with Gasteiger partial charge in [0.05, 0.1) is 31.0 Å². The largest absolute Gasteiger partial charge is 0.466 e. The summed E-state index contributed by atoms with van der Waals surface area (Å²) in [5.74, 6) is -0.177. The van der Waals surface area contributed by atoms with Crippen molar-refractivity contribution >= 4 is 22.4 Å². The van der Waals surface area contributed by atoms with Gasteiger partial charge in [0.2, 0.25) is 0 Å². The van der Waals surface area contributed by atoms with Crippen LogP contribution in [-0.2, 0) is 22.5 Å². The van der Waals surface area contributed by atoms with Crippen molar-refractivity contribution < 1.29 is 9.53 Å². The van der Waals surface area contributed by atoms with Gasteiger partial charge in [-0.25, -0.2) is 4.98 Å². The molecule has 0 fully saturated rings. The van der Waals surface area contributed by atoms with E-state index < -0.39 is 0 Å². The molecule has 0 aromatic carbocycles. The summed E-state index contributed by atoms with van der Waals surface area (Å²) < 4.78 is 4.90. The number of ether oxygens (including phenoxy) is 1. The number of nitrogens with one attached hydrogen (secondary N) is 1. The summed E-state index contributed by atoms with van der Waals surface area (Å²) in [6.45, 7) is 4.92. The molecule has 1 N–H and O–H groups in total. The fraction of sp³-hybridized carbons (Fsp3) is 0.400. The first kappa shape index (κ1) is 15.4. The molecule has 5 nitrogen and oxygen atoms in total. The smallest absolute Gasteiger partial charge is 0.306 e. The minimum Gasteiger partial charge on any atom is -0.466 e. The van der Waals surface area contributed by atoms with Gasteiger partial charge in [-0.15, -0.1) is 11.3 Å². The molecule has 0 amide bonds. The van der Waals surface area contributed by atoms with Crippen molar-refractivity contribution in [3.8, 4) is 0 Å². The van der Waals surface area contributed by atoms with Gasteiger partial charge in [0.15, 0.2) is 5.13 Å². The SMILES string of the molecule is CCOC(=O)CCc1csc(NCc2ncccc2C)n1. The summed E-state index contributed by atoms with van der Waals surface area (Å²) in [6.07, 6.45) is 2.77. The number of hydrogen-bond donors (Lipinski definition) is 1. The monoisotopic (exact) mass is 305 g/mol. The molecule has 2 rings (SSSR count). The Bertz CT molecular complexity index is 598. The number of anilines is 1. The van der Waals surface area contributed by atoms with Crippen molar-refractivity contribution in [3.63, 3.8) is 0 Å². The summed E-state index contributed by atoms with van der Waals surface area (Å²) >= 11 is 1.54. The molecule has 0 saturated carbocycles. The minimum absolute atomic E-state index is 0.177. The minimum atomic E-state index is -0.177. The van der Waals surface area contributed by atoms with Crippen molar-refractivity contribution in [1.82, 2.24) is 9.97 Å². The van der Waals surface area contributed by atoms with E-state index in [1.54, 1.807) is 6.20 Å². The van der Waals surface area contributed by atoms with Crippen molar-refractivity contribution in [2.75, 3.05) is 11.9 Å². The number of carbonyl (C=O) groups is 1. The molecule has 0 saturated heterocycles. The highest BCUT2D eigenvalue weighted by Crippen LogP contribution is 2.18. The van der Waals surface area contributed by atoms with Crippen LogP contribution in [-0.4, -0.2) is 22.5 Å². The van der Waals surface area contributed by atoms with E-state index in [-0.39, 0.29) is 5.97 Å². The number of aryl methyl sites for hydroxylation is 2. The standard InChI is InChI=1S/C15H19N3O2S/c1-3-20-14(19)7-6-12-10-21-15(18-12)17-9-13-11(2)5-4-8-16-13/h4-5,8,10H,3,6-7,9H2,1-2H3,(H,17,18). The summed E-state index contributed by atoms with van der Waals surface area (Å²) in [7, 11) is 0. The van der Waals surface area contributed by atoms with Crippen LogP contribution in [0.3, 0.4) is 0 Å². The van der Waals surface area contributed by atoms with Gasteiger partial charge >= 0.3 is 5.97 Å². The zero-order chi connectivity index (χ0) is 15.1. The molecule has 0 aliphatic rings. The van der Waals surface area contributed by atoms with Crippen LogP contribution in [0.25, 0.3) is 0 Å². The summed E-state index contributed by atoms with van der Waals surface area (Å²) in [4.78, 5) is 20.1. The van der Waals surface area contributed by atoms with E-state index in [4.69, 9.17) is 4.74 Å². The number of pyridine rings is 1. The molecule has 0 aliphatic heterocycles. The van der Waals surface area contributed by atoms with E-state index in [0.717, 1.165) is 22.1 Å². The van der Waals surface area contributed by atoms with Crippen molar-refractivity contribution in [3.05, 3.63) is 40.7 Å². The lowest BCUT2D eigenvalue weighted by atomic mass is 10.2. The third kappa shape index (κ3) is 4.82. The van der Waals surface area contributed by atoms with E-state index in [2.05, 4.69) is 15.3 Å². The van der Waals surface area contributed by atoms with Crippen molar-refractivity contribution in [1.29, 1.82) is 0 Å². The highest BCUT2D eigenvalue weighted by atomic mass is 32.1. The Morgan fingerprint density at radius 1 is 1.48 bits per heavy atom. The number of nitrogens with zero attached hydrogens (tertiary/aromatic N) is 2. The molecule has 6 heteroatoms. The summed E-state index contributed by atoms with van der Waals surface area (Å²) in [6, 6.07) is 3.96. The third-order valence-corrected chi connectivity index (χ3v) is 3.82. The zero-order valence-corrected chi connectivity index (χ0v) is 13.1. The van der Waals surface area contributed by atoms with Crippen LogP contribution in [0.4, 0.5) is 5.13 Å². The first-order chi connectivity index (χ1) is 10.2. The predicted molar refractivity (Wildman–Crippen MR) is 83.4 cm³/mol. The fourth-order valence-electron chi connectivity index (χ4n) is 1.83. The Balaban J connectivity index is 1.83. The average molecular weight is 305 g/mol. The molecule has 0 radical (unpaired) electrons. The highest BCUT2D eigenvalue weighted by Gasteiger charge is 2.07. The second-order valence-electron chi connectivity index (χ2n) is 4.57. The highest BCUT2D eigenvalue weighted by molar-refractivity contribution is 7.13. The Hall–Kier alpha value is -1.95. The lowest BCUT2D eigenvalue weighted by Gasteiger charge is -2.04. The predicted octanol–water partition coefficient (Wildman–Crippen LogP) is 2.95. The molecular weight excluding hydrogens is 286 g/mol. The number of carbonyl (C=O) groups excluding carboxylic acids is 1. The molecule has 0 aliphatic carbocycles. The second-order valence-corrected chi connectivity index (χ2v) is 5.43. The van der Waals surface area contributed by atoms with E-state index in [1.807, 2.05) is 31.4 Å². The topological polar surface area (TPSA) is 64.1 Å².